The molecule has 1 amide bonds. The quantitative estimate of drug-likeness (QED) is 0.787. The Morgan fingerprint density at radius 3 is 3.04 bits per heavy atom. The van der Waals surface area contributed by atoms with E-state index in [1.165, 1.54) is 6.33 Å². The summed E-state index contributed by atoms with van der Waals surface area (Å²) in [7, 11) is 0. The van der Waals surface area contributed by atoms with Gasteiger partial charge in [-0.25, -0.2) is 15.0 Å². The standard InChI is InChI=1S/C19H16N6O/c20-7-4-18(26)25-8-5-13(6-9-25)16-2-1-3-17(24-16)14-11-22-19-15(14)10-21-12-23-19/h1-3,5,10-12H,4,6,8-9H2,(H,21,22,23). The van der Waals surface area contributed by atoms with Crippen LogP contribution in [0.1, 0.15) is 18.5 Å². The van der Waals surface area contributed by atoms with E-state index in [9.17, 15) is 4.79 Å². The molecule has 0 saturated carbocycles. The summed E-state index contributed by atoms with van der Waals surface area (Å²) >= 11 is 0. The van der Waals surface area contributed by atoms with Crippen LogP contribution in [-0.4, -0.2) is 43.8 Å². The molecule has 0 spiro atoms. The molecule has 26 heavy (non-hydrogen) atoms. The van der Waals surface area contributed by atoms with Crippen LogP contribution in [0.3, 0.4) is 0 Å². The molecule has 0 atom stereocenters. The van der Waals surface area contributed by atoms with Crippen LogP contribution in [-0.2, 0) is 4.79 Å². The summed E-state index contributed by atoms with van der Waals surface area (Å²) in [6, 6.07) is 7.83. The highest BCUT2D eigenvalue weighted by Gasteiger charge is 2.18. The molecule has 0 aromatic carbocycles. The number of hydrogen-bond acceptors (Lipinski definition) is 5. The summed E-state index contributed by atoms with van der Waals surface area (Å²) < 4.78 is 0. The molecule has 0 saturated heterocycles. The summed E-state index contributed by atoms with van der Waals surface area (Å²) in [6.45, 7) is 1.13. The summed E-state index contributed by atoms with van der Waals surface area (Å²) in [5.74, 6) is -0.122. The third-order valence-corrected chi connectivity index (χ3v) is 4.50. The van der Waals surface area contributed by atoms with Crippen LogP contribution in [0, 0.1) is 11.3 Å². The number of hydrogen-bond donors (Lipinski definition) is 1. The fraction of sp³-hybridized carbons (Fsp3) is 0.211. The van der Waals surface area contributed by atoms with Gasteiger partial charge in [-0.2, -0.15) is 5.26 Å². The van der Waals surface area contributed by atoms with Gasteiger partial charge in [-0.3, -0.25) is 4.79 Å². The number of carbonyl (C=O) groups excluding carboxylic acids is 1. The van der Waals surface area contributed by atoms with Crippen molar-refractivity contribution in [2.24, 2.45) is 0 Å². The second-order valence-corrected chi connectivity index (χ2v) is 6.05. The molecule has 4 rings (SSSR count). The lowest BCUT2D eigenvalue weighted by Crippen LogP contribution is -2.34. The number of aromatic amines is 1. The first-order valence-corrected chi connectivity index (χ1v) is 8.35. The average molecular weight is 344 g/mol. The third kappa shape index (κ3) is 2.93. The summed E-state index contributed by atoms with van der Waals surface area (Å²) in [5.41, 5.74) is 4.62. The minimum absolute atomic E-state index is 0.0699. The van der Waals surface area contributed by atoms with Crippen LogP contribution in [0.15, 0.2) is 43.0 Å². The van der Waals surface area contributed by atoms with E-state index < -0.39 is 0 Å². The van der Waals surface area contributed by atoms with E-state index in [1.54, 1.807) is 11.1 Å². The molecule has 3 aromatic rings. The Balaban J connectivity index is 1.61. The van der Waals surface area contributed by atoms with Crippen LogP contribution in [0.25, 0.3) is 27.9 Å². The van der Waals surface area contributed by atoms with Gasteiger partial charge in [0.05, 0.1) is 17.5 Å². The number of carbonyl (C=O) groups is 1. The number of rotatable bonds is 3. The van der Waals surface area contributed by atoms with Crippen molar-refractivity contribution >= 4 is 22.5 Å². The SMILES string of the molecule is N#CCC(=O)N1CC=C(c2cccc(-c3c[nH]c4ncncc34)n2)CC1. The van der Waals surface area contributed by atoms with Crippen molar-refractivity contribution < 1.29 is 4.79 Å². The van der Waals surface area contributed by atoms with Gasteiger partial charge in [-0.05, 0) is 24.1 Å². The van der Waals surface area contributed by atoms with Crippen LogP contribution in [0.2, 0.25) is 0 Å². The molecule has 128 valence electrons. The molecule has 0 aliphatic carbocycles. The molecule has 0 bridgehead atoms. The number of fused-ring (bicyclic) bond motifs is 1. The van der Waals surface area contributed by atoms with E-state index in [-0.39, 0.29) is 12.3 Å². The normalized spacial score (nSPS) is 14.1. The maximum atomic E-state index is 11.8. The Labute approximate surface area is 150 Å². The Morgan fingerprint density at radius 2 is 2.23 bits per heavy atom. The van der Waals surface area contributed by atoms with E-state index in [2.05, 4.69) is 15.0 Å². The van der Waals surface area contributed by atoms with Crippen LogP contribution in [0.5, 0.6) is 0 Å². The fourth-order valence-electron chi connectivity index (χ4n) is 3.14. The highest BCUT2D eigenvalue weighted by molar-refractivity contribution is 5.92. The zero-order valence-electron chi connectivity index (χ0n) is 14.0. The molecule has 7 nitrogen and oxygen atoms in total. The first kappa shape index (κ1) is 16.0. The fourth-order valence-corrected chi connectivity index (χ4v) is 3.14. The van der Waals surface area contributed by atoms with Gasteiger partial charge in [0, 0.05) is 36.4 Å². The Morgan fingerprint density at radius 1 is 1.35 bits per heavy atom. The second-order valence-electron chi connectivity index (χ2n) is 6.05. The number of aromatic nitrogens is 4. The average Bonchev–Trinajstić information content (AvgIpc) is 3.13. The maximum Gasteiger partial charge on any atom is 0.237 e. The van der Waals surface area contributed by atoms with Gasteiger partial charge in [0.1, 0.15) is 18.4 Å². The zero-order valence-corrected chi connectivity index (χ0v) is 14.0. The topological polar surface area (TPSA) is 98.6 Å². The van der Waals surface area contributed by atoms with Crippen LogP contribution in [0.4, 0.5) is 0 Å². The Bertz CT molecular complexity index is 1050. The molecule has 0 fully saturated rings. The molecule has 1 aliphatic heterocycles. The van der Waals surface area contributed by atoms with Gasteiger partial charge in [0.2, 0.25) is 5.91 Å². The highest BCUT2D eigenvalue weighted by Crippen LogP contribution is 2.28. The monoisotopic (exact) mass is 344 g/mol. The van der Waals surface area contributed by atoms with Crippen molar-refractivity contribution in [3.63, 3.8) is 0 Å². The second kappa shape index (κ2) is 6.76. The van der Waals surface area contributed by atoms with Crippen molar-refractivity contribution in [2.75, 3.05) is 13.1 Å². The molecule has 1 N–H and O–H groups in total. The van der Waals surface area contributed by atoms with Crippen molar-refractivity contribution in [2.45, 2.75) is 12.8 Å². The van der Waals surface area contributed by atoms with Gasteiger partial charge < -0.3 is 9.88 Å². The molecule has 1 aliphatic rings. The number of nitrogens with one attached hydrogen (secondary N) is 1. The molecule has 7 heteroatoms. The maximum absolute atomic E-state index is 11.8. The number of amides is 1. The molecule has 0 unspecified atom stereocenters. The highest BCUT2D eigenvalue weighted by atomic mass is 16.2. The zero-order chi connectivity index (χ0) is 17.9. The minimum atomic E-state index is -0.122. The number of nitriles is 1. The summed E-state index contributed by atoms with van der Waals surface area (Å²) in [4.78, 5) is 29.8. The van der Waals surface area contributed by atoms with E-state index in [4.69, 9.17) is 10.2 Å². The number of nitrogens with zero attached hydrogens (tertiary/aromatic N) is 5. The van der Waals surface area contributed by atoms with Crippen molar-refractivity contribution in [1.82, 2.24) is 24.8 Å². The first-order valence-electron chi connectivity index (χ1n) is 8.35. The van der Waals surface area contributed by atoms with Gasteiger partial charge in [0.25, 0.3) is 0 Å². The lowest BCUT2D eigenvalue weighted by molar-refractivity contribution is -0.129. The van der Waals surface area contributed by atoms with Crippen molar-refractivity contribution in [1.29, 1.82) is 5.26 Å². The van der Waals surface area contributed by atoms with Gasteiger partial charge in [-0.15, -0.1) is 0 Å². The van der Waals surface area contributed by atoms with Crippen LogP contribution >= 0.6 is 0 Å². The van der Waals surface area contributed by atoms with Crippen molar-refractivity contribution in [3.05, 3.63) is 48.7 Å². The third-order valence-electron chi connectivity index (χ3n) is 4.50. The van der Waals surface area contributed by atoms with Crippen LogP contribution < -0.4 is 0 Å². The van der Waals surface area contributed by atoms with E-state index in [0.29, 0.717) is 13.1 Å². The van der Waals surface area contributed by atoms with Crippen molar-refractivity contribution in [3.8, 4) is 17.3 Å². The van der Waals surface area contributed by atoms with Gasteiger partial charge in [-0.1, -0.05) is 12.1 Å². The molecule has 0 radical (unpaired) electrons. The smallest absolute Gasteiger partial charge is 0.237 e. The number of H-pyrrole nitrogens is 1. The summed E-state index contributed by atoms with van der Waals surface area (Å²) in [5, 5.41) is 9.59. The van der Waals surface area contributed by atoms with Gasteiger partial charge >= 0.3 is 0 Å². The summed E-state index contributed by atoms with van der Waals surface area (Å²) in [6.07, 6.45) is 7.86. The lowest BCUT2D eigenvalue weighted by Gasteiger charge is -2.25. The Kier molecular flexibility index (Phi) is 4.15. The Hall–Kier alpha value is -3.53. The predicted octanol–water partition coefficient (Wildman–Crippen LogP) is 2.55. The van der Waals surface area contributed by atoms with E-state index in [0.717, 1.165) is 40.0 Å². The molecular formula is C19H16N6O. The largest absolute Gasteiger partial charge is 0.345 e. The predicted molar refractivity (Wildman–Crippen MR) is 96.5 cm³/mol. The minimum Gasteiger partial charge on any atom is -0.345 e. The molecule has 3 aromatic heterocycles. The lowest BCUT2D eigenvalue weighted by atomic mass is 10.0. The number of pyridine rings is 1. The van der Waals surface area contributed by atoms with E-state index >= 15 is 0 Å². The molecule has 4 heterocycles. The van der Waals surface area contributed by atoms with E-state index in [1.807, 2.05) is 36.5 Å². The van der Waals surface area contributed by atoms with Gasteiger partial charge in [0.15, 0.2) is 0 Å². The molecular weight excluding hydrogens is 328 g/mol. The first-order chi connectivity index (χ1) is 12.8.